The Labute approximate surface area is 148 Å². The molecular formula is C18H19F3N4O. The fourth-order valence-corrected chi connectivity index (χ4v) is 4.15. The predicted molar refractivity (Wildman–Crippen MR) is 88.7 cm³/mol. The van der Waals surface area contributed by atoms with Crippen molar-refractivity contribution in [2.24, 2.45) is 17.6 Å². The van der Waals surface area contributed by atoms with Crippen molar-refractivity contribution in [3.8, 4) is 5.69 Å². The Morgan fingerprint density at radius 1 is 1.19 bits per heavy atom. The van der Waals surface area contributed by atoms with Crippen molar-refractivity contribution in [1.82, 2.24) is 14.7 Å². The van der Waals surface area contributed by atoms with Gasteiger partial charge in [0.15, 0.2) is 0 Å². The van der Waals surface area contributed by atoms with Crippen LogP contribution in [0, 0.1) is 11.8 Å². The maximum absolute atomic E-state index is 13.1. The second-order valence-corrected chi connectivity index (χ2v) is 7.05. The Kier molecular flexibility index (Phi) is 4.02. The minimum atomic E-state index is -4.51. The maximum Gasteiger partial charge on any atom is 0.433 e. The summed E-state index contributed by atoms with van der Waals surface area (Å²) in [5, 5.41) is 3.76. The highest BCUT2D eigenvalue weighted by atomic mass is 19.4. The Morgan fingerprint density at radius 2 is 2.00 bits per heavy atom. The monoisotopic (exact) mass is 364 g/mol. The van der Waals surface area contributed by atoms with E-state index in [9.17, 15) is 18.0 Å². The van der Waals surface area contributed by atoms with E-state index < -0.39 is 11.9 Å². The van der Waals surface area contributed by atoms with Crippen molar-refractivity contribution < 1.29 is 18.0 Å². The van der Waals surface area contributed by atoms with Crippen molar-refractivity contribution in [2.75, 3.05) is 13.1 Å². The standard InChI is InChI=1S/C18H19F3N4O/c19-18(20,21)16-6-7-23-25(16)13-3-1-2-11(8-13)17(26)24-9-12-4-5-15(22)14(12)10-24/h1-3,6-8,12,14-15H,4-5,9-10,22H2. The Balaban J connectivity index is 1.59. The van der Waals surface area contributed by atoms with Gasteiger partial charge in [0.2, 0.25) is 0 Å². The second-order valence-electron chi connectivity index (χ2n) is 7.05. The lowest BCUT2D eigenvalue weighted by molar-refractivity contribution is -0.142. The van der Waals surface area contributed by atoms with E-state index in [1.165, 1.54) is 12.1 Å². The molecule has 1 saturated carbocycles. The van der Waals surface area contributed by atoms with Crippen LogP contribution in [0.15, 0.2) is 36.5 Å². The topological polar surface area (TPSA) is 64.2 Å². The van der Waals surface area contributed by atoms with E-state index in [-0.39, 0.29) is 17.6 Å². The number of hydrogen-bond donors (Lipinski definition) is 1. The second kappa shape index (κ2) is 6.12. The molecule has 2 N–H and O–H groups in total. The molecule has 2 aromatic rings. The molecule has 5 nitrogen and oxygen atoms in total. The van der Waals surface area contributed by atoms with Crippen molar-refractivity contribution in [1.29, 1.82) is 0 Å². The molecule has 4 rings (SSSR count). The summed E-state index contributed by atoms with van der Waals surface area (Å²) in [6.45, 7) is 1.28. The van der Waals surface area contributed by atoms with Gasteiger partial charge in [-0.25, -0.2) is 4.68 Å². The molecule has 2 aliphatic rings. The number of carbonyl (C=O) groups excluding carboxylic acids is 1. The molecule has 8 heteroatoms. The number of nitrogens with two attached hydrogens (primary N) is 1. The van der Waals surface area contributed by atoms with Crippen molar-refractivity contribution >= 4 is 5.91 Å². The van der Waals surface area contributed by atoms with Crippen LogP contribution in [-0.2, 0) is 6.18 Å². The number of likely N-dealkylation sites (tertiary alicyclic amines) is 1. The van der Waals surface area contributed by atoms with E-state index >= 15 is 0 Å². The zero-order valence-corrected chi connectivity index (χ0v) is 14.0. The van der Waals surface area contributed by atoms with Crippen LogP contribution in [0.3, 0.4) is 0 Å². The highest BCUT2D eigenvalue weighted by Gasteiger charge is 2.42. The predicted octanol–water partition coefficient (Wildman–Crippen LogP) is 2.70. The zero-order valence-electron chi connectivity index (χ0n) is 14.0. The van der Waals surface area contributed by atoms with Gasteiger partial charge in [-0.15, -0.1) is 0 Å². The van der Waals surface area contributed by atoms with E-state index in [0.29, 0.717) is 30.5 Å². The Bertz CT molecular complexity index is 832. The molecule has 2 heterocycles. The van der Waals surface area contributed by atoms with Gasteiger partial charge in [0.1, 0.15) is 5.69 Å². The summed E-state index contributed by atoms with van der Waals surface area (Å²) in [5.74, 6) is 0.583. The van der Waals surface area contributed by atoms with Gasteiger partial charge in [-0.1, -0.05) is 6.07 Å². The third-order valence-electron chi connectivity index (χ3n) is 5.47. The summed E-state index contributed by atoms with van der Waals surface area (Å²) in [6.07, 6.45) is -1.40. The number of amides is 1. The molecule has 1 aliphatic heterocycles. The van der Waals surface area contributed by atoms with Crippen molar-refractivity contribution in [3.63, 3.8) is 0 Å². The number of hydrogen-bond acceptors (Lipinski definition) is 3. The fourth-order valence-electron chi connectivity index (χ4n) is 4.15. The first-order valence-electron chi connectivity index (χ1n) is 8.61. The SMILES string of the molecule is NC1CCC2CN(C(=O)c3cccc(-n4nccc4C(F)(F)F)c3)CC12. The third kappa shape index (κ3) is 2.88. The molecule has 1 amide bonds. The first-order valence-corrected chi connectivity index (χ1v) is 8.61. The molecule has 0 radical (unpaired) electrons. The van der Waals surface area contributed by atoms with Crippen molar-refractivity contribution in [3.05, 3.63) is 47.8 Å². The lowest BCUT2D eigenvalue weighted by atomic mass is 9.98. The van der Waals surface area contributed by atoms with Crippen LogP contribution in [0.2, 0.25) is 0 Å². The number of nitrogens with zero attached hydrogens (tertiary/aromatic N) is 3. The van der Waals surface area contributed by atoms with Crippen LogP contribution in [-0.4, -0.2) is 39.7 Å². The summed E-state index contributed by atoms with van der Waals surface area (Å²) in [6, 6.07) is 7.20. The highest BCUT2D eigenvalue weighted by molar-refractivity contribution is 5.95. The maximum atomic E-state index is 13.1. The third-order valence-corrected chi connectivity index (χ3v) is 5.47. The number of carbonyl (C=O) groups is 1. The summed E-state index contributed by atoms with van der Waals surface area (Å²) < 4.78 is 40.1. The smallest absolute Gasteiger partial charge is 0.338 e. The van der Waals surface area contributed by atoms with Gasteiger partial charge in [-0.2, -0.15) is 18.3 Å². The van der Waals surface area contributed by atoms with E-state index in [1.807, 2.05) is 0 Å². The fraction of sp³-hybridized carbons (Fsp3) is 0.444. The molecule has 0 bridgehead atoms. The Morgan fingerprint density at radius 3 is 2.73 bits per heavy atom. The van der Waals surface area contributed by atoms with E-state index in [0.717, 1.165) is 29.8 Å². The van der Waals surface area contributed by atoms with Crippen LogP contribution in [0.1, 0.15) is 28.9 Å². The largest absolute Gasteiger partial charge is 0.433 e. The first kappa shape index (κ1) is 17.1. The van der Waals surface area contributed by atoms with Gasteiger partial charge in [0.25, 0.3) is 5.91 Å². The van der Waals surface area contributed by atoms with Crippen LogP contribution >= 0.6 is 0 Å². The van der Waals surface area contributed by atoms with Gasteiger partial charge in [-0.3, -0.25) is 4.79 Å². The van der Waals surface area contributed by atoms with Crippen LogP contribution in [0.25, 0.3) is 5.69 Å². The van der Waals surface area contributed by atoms with Gasteiger partial charge in [0.05, 0.1) is 11.9 Å². The van der Waals surface area contributed by atoms with Crippen molar-refractivity contribution in [2.45, 2.75) is 25.1 Å². The average molecular weight is 364 g/mol. The minimum Gasteiger partial charge on any atom is -0.338 e. The van der Waals surface area contributed by atoms with Gasteiger partial charge >= 0.3 is 6.18 Å². The first-order chi connectivity index (χ1) is 12.3. The molecular weight excluding hydrogens is 345 g/mol. The van der Waals surface area contributed by atoms with E-state index in [4.69, 9.17) is 5.73 Å². The molecule has 1 aromatic heterocycles. The molecule has 1 aromatic carbocycles. The number of aromatic nitrogens is 2. The average Bonchev–Trinajstić information content (AvgIpc) is 3.31. The van der Waals surface area contributed by atoms with Gasteiger partial charge in [-0.05, 0) is 48.9 Å². The van der Waals surface area contributed by atoms with Crippen LogP contribution < -0.4 is 5.73 Å². The summed E-state index contributed by atoms with van der Waals surface area (Å²) in [7, 11) is 0. The lowest BCUT2D eigenvalue weighted by Crippen LogP contribution is -2.33. The number of halogens is 3. The molecule has 1 saturated heterocycles. The summed E-state index contributed by atoms with van der Waals surface area (Å²) in [5.41, 5.74) is 5.81. The molecule has 138 valence electrons. The molecule has 2 fully saturated rings. The minimum absolute atomic E-state index is 0.127. The van der Waals surface area contributed by atoms with E-state index in [1.54, 1.807) is 17.0 Å². The number of benzene rings is 1. The van der Waals surface area contributed by atoms with Gasteiger partial charge in [0, 0.05) is 24.7 Å². The number of alkyl halides is 3. The zero-order chi connectivity index (χ0) is 18.5. The van der Waals surface area contributed by atoms with E-state index in [2.05, 4.69) is 5.10 Å². The van der Waals surface area contributed by atoms with Crippen LogP contribution in [0.4, 0.5) is 13.2 Å². The van der Waals surface area contributed by atoms with Crippen LogP contribution in [0.5, 0.6) is 0 Å². The molecule has 26 heavy (non-hydrogen) atoms. The summed E-state index contributed by atoms with van der Waals surface area (Å²) >= 11 is 0. The number of rotatable bonds is 2. The Hall–Kier alpha value is -2.35. The quantitative estimate of drug-likeness (QED) is 0.891. The van der Waals surface area contributed by atoms with Gasteiger partial charge < -0.3 is 10.6 Å². The summed E-state index contributed by atoms with van der Waals surface area (Å²) in [4.78, 5) is 14.6. The lowest BCUT2D eigenvalue weighted by Gasteiger charge is -2.19. The molecule has 1 aliphatic carbocycles. The molecule has 3 atom stereocenters. The number of fused-ring (bicyclic) bond motifs is 1. The molecule has 0 spiro atoms. The highest BCUT2D eigenvalue weighted by Crippen LogP contribution is 2.37. The molecule has 3 unspecified atom stereocenters. The normalized spacial score (nSPS) is 25.5.